The third-order valence-electron chi connectivity index (χ3n) is 5.14. The van der Waals surface area contributed by atoms with Crippen LogP contribution >= 0.6 is 12.4 Å². The van der Waals surface area contributed by atoms with E-state index in [0.717, 1.165) is 34.6 Å². The number of para-hydroxylation sites is 3. The van der Waals surface area contributed by atoms with Crippen LogP contribution in [-0.4, -0.2) is 30.8 Å². The average Bonchev–Trinajstić information content (AvgIpc) is 3.48. The first-order valence-electron chi connectivity index (χ1n) is 10.0. The second kappa shape index (κ2) is 9.99. The first kappa shape index (κ1) is 21.5. The van der Waals surface area contributed by atoms with Crippen LogP contribution in [0, 0.1) is 11.9 Å². The molecule has 4 nitrogen and oxygen atoms in total. The smallest absolute Gasteiger partial charge is 0.195 e. The standard InChI is InChI=1S/C23H27FN2O2.ClH/c1-16(14-19-18-6-2-3-7-20(18)26-23(19)24)25-12-13-27-21-8-4-5-9-22(21)28-15-17-10-11-17;/h2-9,16-17,25-26H,10-15H2,1H3;1H. The molecule has 1 aliphatic rings. The van der Waals surface area contributed by atoms with Crippen molar-refractivity contribution in [2.75, 3.05) is 19.8 Å². The third kappa shape index (κ3) is 5.64. The van der Waals surface area contributed by atoms with Crippen molar-refractivity contribution in [3.8, 4) is 11.5 Å². The zero-order valence-electron chi connectivity index (χ0n) is 16.6. The number of nitrogens with one attached hydrogen (secondary N) is 2. The Balaban J connectivity index is 0.00000240. The molecule has 1 aliphatic carbocycles. The lowest BCUT2D eigenvalue weighted by atomic mass is 10.1. The Kier molecular flexibility index (Phi) is 7.40. The summed E-state index contributed by atoms with van der Waals surface area (Å²) >= 11 is 0. The summed E-state index contributed by atoms with van der Waals surface area (Å²) in [6, 6.07) is 15.6. The van der Waals surface area contributed by atoms with E-state index in [4.69, 9.17) is 9.47 Å². The summed E-state index contributed by atoms with van der Waals surface area (Å²) in [7, 11) is 0. The van der Waals surface area contributed by atoms with Crippen molar-refractivity contribution >= 4 is 23.3 Å². The van der Waals surface area contributed by atoms with Gasteiger partial charge in [-0.25, -0.2) is 0 Å². The van der Waals surface area contributed by atoms with Crippen LogP contribution in [0.3, 0.4) is 0 Å². The van der Waals surface area contributed by atoms with Gasteiger partial charge in [0.15, 0.2) is 17.4 Å². The van der Waals surface area contributed by atoms with Crippen LogP contribution in [0.4, 0.5) is 4.39 Å². The topological polar surface area (TPSA) is 46.3 Å². The number of rotatable bonds is 10. The maximum absolute atomic E-state index is 14.2. The maximum Gasteiger partial charge on any atom is 0.195 e. The lowest BCUT2D eigenvalue weighted by Crippen LogP contribution is -2.32. The first-order chi connectivity index (χ1) is 13.7. The second-order valence-electron chi connectivity index (χ2n) is 7.57. The Labute approximate surface area is 177 Å². The monoisotopic (exact) mass is 418 g/mol. The van der Waals surface area contributed by atoms with E-state index in [2.05, 4.69) is 17.2 Å². The highest BCUT2D eigenvalue weighted by Crippen LogP contribution is 2.32. The second-order valence-corrected chi connectivity index (χ2v) is 7.57. The molecule has 0 saturated heterocycles. The first-order valence-corrected chi connectivity index (χ1v) is 10.0. The largest absolute Gasteiger partial charge is 0.489 e. The lowest BCUT2D eigenvalue weighted by molar-refractivity contribution is 0.257. The molecule has 0 aliphatic heterocycles. The molecule has 1 saturated carbocycles. The molecule has 1 unspecified atom stereocenters. The molecule has 29 heavy (non-hydrogen) atoms. The Morgan fingerprint density at radius 2 is 1.76 bits per heavy atom. The van der Waals surface area contributed by atoms with Gasteiger partial charge in [-0.05, 0) is 50.3 Å². The van der Waals surface area contributed by atoms with Crippen LogP contribution in [0.2, 0.25) is 0 Å². The Morgan fingerprint density at radius 3 is 2.52 bits per heavy atom. The molecule has 3 aromatic rings. The molecular weight excluding hydrogens is 391 g/mol. The molecule has 1 heterocycles. The van der Waals surface area contributed by atoms with Gasteiger partial charge in [-0.3, -0.25) is 0 Å². The van der Waals surface area contributed by atoms with Gasteiger partial charge in [0.1, 0.15) is 6.61 Å². The molecule has 0 radical (unpaired) electrons. The van der Waals surface area contributed by atoms with Gasteiger partial charge in [0.05, 0.1) is 6.61 Å². The number of aromatic nitrogens is 1. The number of aromatic amines is 1. The third-order valence-corrected chi connectivity index (χ3v) is 5.14. The van der Waals surface area contributed by atoms with Crippen LogP contribution in [0.5, 0.6) is 11.5 Å². The summed E-state index contributed by atoms with van der Waals surface area (Å²) < 4.78 is 26.0. The van der Waals surface area contributed by atoms with Gasteiger partial charge in [0.25, 0.3) is 0 Å². The van der Waals surface area contributed by atoms with Gasteiger partial charge in [-0.15, -0.1) is 12.4 Å². The molecule has 1 atom stereocenters. The van der Waals surface area contributed by atoms with Crippen LogP contribution in [-0.2, 0) is 6.42 Å². The number of hydrogen-bond donors (Lipinski definition) is 2. The SMILES string of the molecule is CC(Cc1c(F)[nH]c2ccccc12)NCCOc1ccccc1OCC1CC1.Cl. The summed E-state index contributed by atoms with van der Waals surface area (Å²) in [4.78, 5) is 2.82. The van der Waals surface area contributed by atoms with Crippen molar-refractivity contribution in [1.29, 1.82) is 0 Å². The molecule has 4 rings (SSSR count). The quantitative estimate of drug-likeness (QED) is 0.449. The molecular formula is C23H28ClFN2O2. The van der Waals surface area contributed by atoms with Crippen LogP contribution in [0.15, 0.2) is 48.5 Å². The Bertz CT molecular complexity index is 926. The Morgan fingerprint density at radius 1 is 1.07 bits per heavy atom. The van der Waals surface area contributed by atoms with Crippen molar-refractivity contribution in [2.45, 2.75) is 32.2 Å². The fraction of sp³-hybridized carbons (Fsp3) is 0.391. The van der Waals surface area contributed by atoms with Crippen molar-refractivity contribution < 1.29 is 13.9 Å². The van der Waals surface area contributed by atoms with E-state index < -0.39 is 0 Å². The number of fused-ring (bicyclic) bond motifs is 1. The van der Waals surface area contributed by atoms with Gasteiger partial charge >= 0.3 is 0 Å². The normalized spacial score (nSPS) is 14.4. The predicted octanol–water partition coefficient (Wildman–Crippen LogP) is 5.12. The van der Waals surface area contributed by atoms with E-state index in [1.807, 2.05) is 48.5 Å². The minimum absolute atomic E-state index is 0. The Hall–Kier alpha value is -2.24. The predicted molar refractivity (Wildman–Crippen MR) is 117 cm³/mol. The summed E-state index contributed by atoms with van der Waals surface area (Å²) in [5, 5.41) is 4.37. The number of halogens is 2. The van der Waals surface area contributed by atoms with Gasteiger partial charge in [0, 0.05) is 29.1 Å². The highest BCUT2D eigenvalue weighted by atomic mass is 35.5. The highest BCUT2D eigenvalue weighted by Gasteiger charge is 2.22. The van der Waals surface area contributed by atoms with Gasteiger partial charge in [-0.1, -0.05) is 30.3 Å². The highest BCUT2D eigenvalue weighted by molar-refractivity contribution is 5.85. The minimum atomic E-state index is -0.243. The van der Waals surface area contributed by atoms with E-state index in [1.165, 1.54) is 12.8 Å². The fourth-order valence-electron chi connectivity index (χ4n) is 3.39. The zero-order chi connectivity index (χ0) is 19.3. The molecule has 1 aromatic heterocycles. The summed E-state index contributed by atoms with van der Waals surface area (Å²) in [5.74, 6) is 2.05. The van der Waals surface area contributed by atoms with Crippen LogP contribution in [0.1, 0.15) is 25.3 Å². The molecule has 0 amide bonds. The number of benzene rings is 2. The summed E-state index contributed by atoms with van der Waals surface area (Å²) in [6.45, 7) is 4.05. The lowest BCUT2D eigenvalue weighted by Gasteiger charge is -2.15. The molecule has 156 valence electrons. The fourth-order valence-corrected chi connectivity index (χ4v) is 3.39. The molecule has 0 spiro atoms. The van der Waals surface area contributed by atoms with Crippen LogP contribution < -0.4 is 14.8 Å². The number of hydrogen-bond acceptors (Lipinski definition) is 3. The van der Waals surface area contributed by atoms with Crippen molar-refractivity contribution in [1.82, 2.24) is 10.3 Å². The molecule has 6 heteroatoms. The van der Waals surface area contributed by atoms with Crippen molar-refractivity contribution in [2.24, 2.45) is 5.92 Å². The maximum atomic E-state index is 14.2. The van der Waals surface area contributed by atoms with E-state index in [0.29, 0.717) is 25.5 Å². The van der Waals surface area contributed by atoms with Crippen molar-refractivity contribution in [3.05, 3.63) is 60.0 Å². The van der Waals surface area contributed by atoms with E-state index >= 15 is 0 Å². The van der Waals surface area contributed by atoms with Gasteiger partial charge in [-0.2, -0.15) is 4.39 Å². The van der Waals surface area contributed by atoms with Gasteiger partial charge in [0.2, 0.25) is 0 Å². The summed E-state index contributed by atoms with van der Waals surface area (Å²) in [6.07, 6.45) is 3.15. The minimum Gasteiger partial charge on any atom is -0.489 e. The van der Waals surface area contributed by atoms with E-state index in [-0.39, 0.29) is 24.4 Å². The number of H-pyrrole nitrogens is 1. The molecule has 2 aromatic carbocycles. The molecule has 0 bridgehead atoms. The average molecular weight is 419 g/mol. The van der Waals surface area contributed by atoms with Crippen LogP contribution in [0.25, 0.3) is 10.9 Å². The number of ether oxygens (including phenoxy) is 2. The van der Waals surface area contributed by atoms with E-state index in [9.17, 15) is 4.39 Å². The summed E-state index contributed by atoms with van der Waals surface area (Å²) in [5.41, 5.74) is 1.57. The molecule has 2 N–H and O–H groups in total. The zero-order valence-corrected chi connectivity index (χ0v) is 17.4. The van der Waals surface area contributed by atoms with Crippen molar-refractivity contribution in [3.63, 3.8) is 0 Å². The molecule has 1 fully saturated rings. The van der Waals surface area contributed by atoms with E-state index in [1.54, 1.807) is 0 Å². The van der Waals surface area contributed by atoms with Gasteiger partial charge < -0.3 is 19.8 Å².